The van der Waals surface area contributed by atoms with Gasteiger partial charge in [0.25, 0.3) is 0 Å². The van der Waals surface area contributed by atoms with E-state index in [1.54, 1.807) is 23.1 Å². The fraction of sp³-hybridized carbons (Fsp3) is 0.391. The van der Waals surface area contributed by atoms with Crippen molar-refractivity contribution in [3.63, 3.8) is 0 Å². The van der Waals surface area contributed by atoms with Crippen molar-refractivity contribution in [1.82, 2.24) is 14.2 Å². The Morgan fingerprint density at radius 3 is 2.59 bits per heavy atom. The van der Waals surface area contributed by atoms with Gasteiger partial charge in [0, 0.05) is 45.3 Å². The van der Waals surface area contributed by atoms with Gasteiger partial charge in [-0.05, 0) is 37.1 Å². The number of carbonyl (C=O) groups is 1. The van der Waals surface area contributed by atoms with Crippen LogP contribution in [0, 0.1) is 11.7 Å². The summed E-state index contributed by atoms with van der Waals surface area (Å²) < 4.78 is 46.9. The molecule has 11 heteroatoms. The van der Waals surface area contributed by atoms with E-state index in [4.69, 9.17) is 4.42 Å². The minimum absolute atomic E-state index is 0.0225. The second-order valence-corrected chi connectivity index (χ2v) is 10.6. The van der Waals surface area contributed by atoms with Gasteiger partial charge in [0.2, 0.25) is 15.9 Å². The van der Waals surface area contributed by atoms with E-state index in [0.717, 1.165) is 0 Å². The van der Waals surface area contributed by atoms with Crippen LogP contribution in [-0.2, 0) is 14.8 Å². The highest BCUT2D eigenvalue weighted by Crippen LogP contribution is 2.27. The highest BCUT2D eigenvalue weighted by atomic mass is 32.2. The van der Waals surface area contributed by atoms with E-state index in [2.05, 4.69) is 4.98 Å². The maximum absolute atomic E-state index is 14.1. The van der Waals surface area contributed by atoms with Gasteiger partial charge in [0.05, 0.1) is 22.0 Å². The quantitative estimate of drug-likeness (QED) is 0.602. The van der Waals surface area contributed by atoms with Gasteiger partial charge >= 0.3 is 5.76 Å². The number of oxazole rings is 1. The molecule has 1 N–H and O–H groups in total. The number of carbonyl (C=O) groups excluding carboxylic acids is 1. The van der Waals surface area contributed by atoms with Crippen molar-refractivity contribution in [2.24, 2.45) is 5.92 Å². The predicted molar refractivity (Wildman–Crippen MR) is 124 cm³/mol. The van der Waals surface area contributed by atoms with Gasteiger partial charge < -0.3 is 14.2 Å². The summed E-state index contributed by atoms with van der Waals surface area (Å²) in [5.41, 5.74) is 1.12. The van der Waals surface area contributed by atoms with Gasteiger partial charge in [0.15, 0.2) is 5.58 Å². The van der Waals surface area contributed by atoms with Gasteiger partial charge in [0.1, 0.15) is 5.82 Å². The zero-order chi connectivity index (χ0) is 23.9. The number of piperidine rings is 1. The molecule has 3 heterocycles. The molecular weight excluding hydrogens is 463 g/mol. The van der Waals surface area contributed by atoms with Gasteiger partial charge in [-0.25, -0.2) is 17.6 Å². The molecule has 0 bridgehead atoms. The Balaban J connectivity index is 1.26. The third-order valence-corrected chi connectivity index (χ3v) is 8.41. The first-order valence-corrected chi connectivity index (χ1v) is 12.7. The first-order valence-electron chi connectivity index (χ1n) is 11.2. The van der Waals surface area contributed by atoms with Crippen LogP contribution in [0.1, 0.15) is 12.8 Å². The molecule has 0 saturated carbocycles. The molecule has 9 nitrogen and oxygen atoms in total. The van der Waals surface area contributed by atoms with Crippen molar-refractivity contribution < 1.29 is 22.0 Å². The number of benzene rings is 2. The number of rotatable bonds is 4. The van der Waals surface area contributed by atoms with Gasteiger partial charge in [-0.1, -0.05) is 12.1 Å². The first kappa shape index (κ1) is 22.6. The van der Waals surface area contributed by atoms with Crippen LogP contribution in [0.2, 0.25) is 0 Å². The zero-order valence-corrected chi connectivity index (χ0v) is 19.3. The molecule has 3 aromatic rings. The van der Waals surface area contributed by atoms with Crippen LogP contribution in [-0.4, -0.2) is 67.8 Å². The Kier molecular flexibility index (Phi) is 5.90. The average Bonchev–Trinajstić information content (AvgIpc) is 3.23. The van der Waals surface area contributed by atoms with Crippen LogP contribution < -0.4 is 10.7 Å². The summed E-state index contributed by atoms with van der Waals surface area (Å²) in [5, 5.41) is 0. The Morgan fingerprint density at radius 2 is 1.82 bits per heavy atom. The monoisotopic (exact) mass is 488 g/mol. The Labute approximate surface area is 195 Å². The highest BCUT2D eigenvalue weighted by Gasteiger charge is 2.36. The Hall–Kier alpha value is -3.18. The van der Waals surface area contributed by atoms with Crippen LogP contribution in [0.5, 0.6) is 0 Å². The molecule has 0 radical (unpaired) electrons. The third-order valence-electron chi connectivity index (χ3n) is 6.55. The summed E-state index contributed by atoms with van der Waals surface area (Å²) in [5.74, 6) is -1.44. The number of nitrogens with one attached hydrogen (secondary N) is 1. The Morgan fingerprint density at radius 1 is 1.06 bits per heavy atom. The fourth-order valence-electron chi connectivity index (χ4n) is 4.73. The molecule has 1 aromatic heterocycles. The summed E-state index contributed by atoms with van der Waals surface area (Å²) in [7, 11) is -3.85. The highest BCUT2D eigenvalue weighted by molar-refractivity contribution is 7.89. The molecular formula is C23H25FN4O5S. The second-order valence-electron chi connectivity index (χ2n) is 8.64. The molecule has 0 aliphatic carbocycles. The van der Waals surface area contributed by atoms with E-state index < -0.39 is 21.7 Å². The number of nitrogens with zero attached hydrogens (tertiary/aromatic N) is 3. The normalized spacial score (nSPS) is 20.1. The lowest BCUT2D eigenvalue weighted by atomic mass is 9.97. The second kappa shape index (κ2) is 8.88. The smallest absolute Gasteiger partial charge is 0.408 e. The van der Waals surface area contributed by atoms with Crippen molar-refractivity contribution >= 4 is 32.7 Å². The van der Waals surface area contributed by atoms with Gasteiger partial charge in [-0.3, -0.25) is 9.78 Å². The third kappa shape index (κ3) is 4.21. The molecule has 2 saturated heterocycles. The molecule has 0 spiro atoms. The molecule has 2 aromatic carbocycles. The SMILES string of the molecule is O=C(C1CCCN(S(=O)(=O)c2ccc3[nH]c(=O)oc3c2)C1)N1CCN(c2ccccc2F)CC1. The molecule has 1 amide bonds. The molecule has 180 valence electrons. The number of hydrogen-bond acceptors (Lipinski definition) is 6. The van der Waals surface area contributed by atoms with Crippen LogP contribution in [0.15, 0.2) is 56.6 Å². The molecule has 1 atom stereocenters. The number of aromatic nitrogens is 1. The Bertz CT molecular complexity index is 1380. The zero-order valence-electron chi connectivity index (χ0n) is 18.4. The van der Waals surface area contributed by atoms with Gasteiger partial charge in [-0.2, -0.15) is 4.31 Å². The van der Waals surface area contributed by atoms with E-state index in [0.29, 0.717) is 56.8 Å². The maximum Gasteiger partial charge on any atom is 0.417 e. The van der Waals surface area contributed by atoms with Crippen LogP contribution in [0.25, 0.3) is 11.1 Å². The number of halogens is 1. The molecule has 5 rings (SSSR count). The summed E-state index contributed by atoms with van der Waals surface area (Å²) in [6, 6.07) is 10.8. The summed E-state index contributed by atoms with van der Waals surface area (Å²) in [4.78, 5) is 30.8. The van der Waals surface area contributed by atoms with Crippen LogP contribution in [0.4, 0.5) is 10.1 Å². The number of piperazine rings is 1. The fourth-order valence-corrected chi connectivity index (χ4v) is 6.27. The van der Waals surface area contributed by atoms with E-state index in [9.17, 15) is 22.4 Å². The topological polar surface area (TPSA) is 107 Å². The number of H-pyrrole nitrogens is 1. The van der Waals surface area contributed by atoms with Crippen molar-refractivity contribution in [1.29, 1.82) is 0 Å². The standard InChI is InChI=1S/C23H25FN4O5S/c24-18-5-1-2-6-20(18)26-10-12-27(13-11-26)22(29)16-4-3-9-28(15-16)34(31,32)17-7-8-19-21(14-17)33-23(30)25-19/h1-2,5-8,14,16H,3-4,9-13,15H2,(H,25,30). The van der Waals surface area contributed by atoms with Crippen molar-refractivity contribution in [2.75, 3.05) is 44.2 Å². The van der Waals surface area contributed by atoms with Crippen molar-refractivity contribution in [2.45, 2.75) is 17.7 Å². The van der Waals surface area contributed by atoms with Gasteiger partial charge in [-0.15, -0.1) is 0 Å². The number of para-hydroxylation sites is 1. The maximum atomic E-state index is 14.1. The summed E-state index contributed by atoms with van der Waals surface area (Å²) in [6.45, 7) is 2.37. The lowest BCUT2D eigenvalue weighted by molar-refractivity contribution is -0.137. The van der Waals surface area contributed by atoms with E-state index >= 15 is 0 Å². The molecule has 1 unspecified atom stereocenters. The number of sulfonamides is 1. The molecule has 2 fully saturated rings. The van der Waals surface area contributed by atoms with E-state index in [1.165, 1.54) is 28.6 Å². The summed E-state index contributed by atoms with van der Waals surface area (Å²) in [6.07, 6.45) is 1.19. The minimum Gasteiger partial charge on any atom is -0.408 e. The number of anilines is 1. The summed E-state index contributed by atoms with van der Waals surface area (Å²) >= 11 is 0. The van der Waals surface area contributed by atoms with Crippen LogP contribution >= 0.6 is 0 Å². The molecule has 2 aliphatic heterocycles. The lowest BCUT2D eigenvalue weighted by Gasteiger charge is -2.39. The number of fused-ring (bicyclic) bond motifs is 1. The van der Waals surface area contributed by atoms with E-state index in [1.807, 2.05) is 4.90 Å². The predicted octanol–water partition coefficient (Wildman–Crippen LogP) is 2.01. The first-order chi connectivity index (χ1) is 16.3. The number of aromatic amines is 1. The minimum atomic E-state index is -3.85. The molecule has 2 aliphatic rings. The largest absolute Gasteiger partial charge is 0.417 e. The van der Waals surface area contributed by atoms with Crippen molar-refractivity contribution in [3.8, 4) is 0 Å². The average molecular weight is 489 g/mol. The van der Waals surface area contributed by atoms with Crippen molar-refractivity contribution in [3.05, 3.63) is 58.8 Å². The number of hydrogen-bond donors (Lipinski definition) is 1. The van der Waals surface area contributed by atoms with Crippen LogP contribution in [0.3, 0.4) is 0 Å². The lowest BCUT2D eigenvalue weighted by Crippen LogP contribution is -2.53. The number of amides is 1. The van der Waals surface area contributed by atoms with E-state index in [-0.39, 0.29) is 28.7 Å². The molecule has 34 heavy (non-hydrogen) atoms.